The van der Waals surface area contributed by atoms with Crippen molar-refractivity contribution in [2.24, 2.45) is 0 Å². The highest BCUT2D eigenvalue weighted by Crippen LogP contribution is 2.40. The van der Waals surface area contributed by atoms with Gasteiger partial charge >= 0.3 is 0 Å². The monoisotopic (exact) mass is 463 g/mol. The Balaban J connectivity index is 1.95. The Bertz CT molecular complexity index is 943. The summed E-state index contributed by atoms with van der Waals surface area (Å²) in [6.45, 7) is 4.43. The normalized spacial score (nSPS) is 15.6. The van der Waals surface area contributed by atoms with Gasteiger partial charge in [0.15, 0.2) is 15.8 Å². The molecule has 2 aromatic rings. The van der Waals surface area contributed by atoms with Crippen molar-refractivity contribution < 1.29 is 14.3 Å². The summed E-state index contributed by atoms with van der Waals surface area (Å²) < 4.78 is 12.3. The van der Waals surface area contributed by atoms with Crippen LogP contribution in [0.1, 0.15) is 18.1 Å². The standard InChI is InChI=1S/C20H18BrNO3S2/c1-4-25-18-15(21)9-13(10-16(18)24-3)11-17-19(23)22(20(26)27-17)14-7-5-6-12(2)8-14/h5-11H,4H2,1-3H3/b17-11-. The van der Waals surface area contributed by atoms with Crippen molar-refractivity contribution in [3.8, 4) is 11.5 Å². The maximum Gasteiger partial charge on any atom is 0.270 e. The predicted molar refractivity (Wildman–Crippen MR) is 119 cm³/mol. The first-order valence-electron chi connectivity index (χ1n) is 8.29. The summed E-state index contributed by atoms with van der Waals surface area (Å²) >= 11 is 10.2. The van der Waals surface area contributed by atoms with Crippen LogP contribution in [-0.4, -0.2) is 23.9 Å². The van der Waals surface area contributed by atoms with Crippen LogP contribution in [-0.2, 0) is 4.79 Å². The second kappa shape index (κ2) is 8.46. The third-order valence-corrected chi connectivity index (χ3v) is 5.78. The van der Waals surface area contributed by atoms with Gasteiger partial charge in [-0.15, -0.1) is 0 Å². The average molecular weight is 464 g/mol. The van der Waals surface area contributed by atoms with Crippen molar-refractivity contribution in [1.29, 1.82) is 0 Å². The number of methoxy groups -OCH3 is 1. The number of hydrogen-bond donors (Lipinski definition) is 0. The lowest BCUT2D eigenvalue weighted by molar-refractivity contribution is -0.113. The second-order valence-electron chi connectivity index (χ2n) is 5.82. The Hall–Kier alpha value is -1.83. The first kappa shape index (κ1) is 19.9. The van der Waals surface area contributed by atoms with Crippen LogP contribution in [0.15, 0.2) is 45.8 Å². The number of anilines is 1. The van der Waals surface area contributed by atoms with Crippen LogP contribution >= 0.6 is 39.9 Å². The molecular weight excluding hydrogens is 446 g/mol. The molecule has 0 aromatic heterocycles. The molecule has 0 saturated carbocycles. The van der Waals surface area contributed by atoms with Gasteiger partial charge in [0.1, 0.15) is 0 Å². The highest BCUT2D eigenvalue weighted by atomic mass is 79.9. The van der Waals surface area contributed by atoms with Gasteiger partial charge in [-0.25, -0.2) is 0 Å². The van der Waals surface area contributed by atoms with Crippen molar-refractivity contribution in [2.45, 2.75) is 13.8 Å². The zero-order valence-electron chi connectivity index (χ0n) is 15.1. The Kier molecular flexibility index (Phi) is 6.24. The summed E-state index contributed by atoms with van der Waals surface area (Å²) in [5.41, 5.74) is 2.68. The van der Waals surface area contributed by atoms with E-state index in [4.69, 9.17) is 21.7 Å². The van der Waals surface area contributed by atoms with Crippen molar-refractivity contribution in [3.05, 3.63) is 56.9 Å². The zero-order chi connectivity index (χ0) is 19.6. The summed E-state index contributed by atoms with van der Waals surface area (Å²) in [6, 6.07) is 11.5. The van der Waals surface area contributed by atoms with Gasteiger partial charge in [-0.1, -0.05) is 36.1 Å². The van der Waals surface area contributed by atoms with Crippen molar-refractivity contribution in [1.82, 2.24) is 0 Å². The number of benzene rings is 2. The van der Waals surface area contributed by atoms with E-state index in [1.807, 2.05) is 56.3 Å². The zero-order valence-corrected chi connectivity index (χ0v) is 18.3. The van der Waals surface area contributed by atoms with E-state index in [-0.39, 0.29) is 5.91 Å². The summed E-state index contributed by atoms with van der Waals surface area (Å²) in [5, 5.41) is 0. The van der Waals surface area contributed by atoms with Crippen LogP contribution in [0.4, 0.5) is 5.69 Å². The topological polar surface area (TPSA) is 38.8 Å². The second-order valence-corrected chi connectivity index (χ2v) is 8.35. The summed E-state index contributed by atoms with van der Waals surface area (Å²) in [6.07, 6.45) is 1.82. The Morgan fingerprint density at radius 2 is 2.07 bits per heavy atom. The number of thiocarbonyl (C=S) groups is 1. The van der Waals surface area contributed by atoms with Crippen LogP contribution in [0.5, 0.6) is 11.5 Å². The molecule has 4 nitrogen and oxygen atoms in total. The molecule has 3 rings (SSSR count). The first-order valence-corrected chi connectivity index (χ1v) is 10.3. The molecule has 140 valence electrons. The molecule has 27 heavy (non-hydrogen) atoms. The molecule has 0 aliphatic carbocycles. The van der Waals surface area contributed by atoms with Gasteiger partial charge in [0.2, 0.25) is 0 Å². The molecule has 1 amide bonds. The maximum absolute atomic E-state index is 12.9. The van der Waals surface area contributed by atoms with Crippen LogP contribution in [0.25, 0.3) is 6.08 Å². The molecule has 0 N–H and O–H groups in total. The largest absolute Gasteiger partial charge is 0.493 e. The lowest BCUT2D eigenvalue weighted by Crippen LogP contribution is -2.27. The molecule has 1 heterocycles. The molecular formula is C20H18BrNO3S2. The lowest BCUT2D eigenvalue weighted by atomic mass is 10.1. The van der Waals surface area contributed by atoms with E-state index >= 15 is 0 Å². The predicted octanol–water partition coefficient (Wildman–Crippen LogP) is 5.57. The molecule has 0 atom stereocenters. The number of halogens is 1. The van der Waals surface area contributed by atoms with Gasteiger partial charge in [0.05, 0.1) is 28.8 Å². The van der Waals surface area contributed by atoms with E-state index in [2.05, 4.69) is 15.9 Å². The minimum absolute atomic E-state index is 0.125. The number of nitrogens with zero attached hydrogens (tertiary/aromatic N) is 1. The maximum atomic E-state index is 12.9. The smallest absolute Gasteiger partial charge is 0.270 e. The minimum atomic E-state index is -0.125. The Labute approximate surface area is 176 Å². The van der Waals surface area contributed by atoms with Gasteiger partial charge in [-0.3, -0.25) is 9.69 Å². The van der Waals surface area contributed by atoms with E-state index in [0.29, 0.717) is 27.3 Å². The fraction of sp³-hybridized carbons (Fsp3) is 0.200. The lowest BCUT2D eigenvalue weighted by Gasteiger charge is -2.15. The van der Waals surface area contributed by atoms with E-state index in [0.717, 1.165) is 21.3 Å². The molecule has 7 heteroatoms. The molecule has 0 spiro atoms. The van der Waals surface area contributed by atoms with Crippen molar-refractivity contribution >= 4 is 61.9 Å². The minimum Gasteiger partial charge on any atom is -0.493 e. The van der Waals surface area contributed by atoms with E-state index in [9.17, 15) is 4.79 Å². The highest BCUT2D eigenvalue weighted by molar-refractivity contribution is 9.10. The van der Waals surface area contributed by atoms with Crippen LogP contribution in [0, 0.1) is 6.92 Å². The van der Waals surface area contributed by atoms with Gasteiger partial charge in [0, 0.05) is 0 Å². The number of thioether (sulfide) groups is 1. The molecule has 1 aliphatic heterocycles. The van der Waals surface area contributed by atoms with Gasteiger partial charge in [-0.2, -0.15) is 0 Å². The van der Waals surface area contributed by atoms with E-state index in [1.54, 1.807) is 12.0 Å². The molecule has 1 aliphatic rings. The average Bonchev–Trinajstić information content (AvgIpc) is 2.90. The van der Waals surface area contributed by atoms with Crippen LogP contribution in [0.2, 0.25) is 0 Å². The number of rotatable bonds is 5. The molecule has 1 fully saturated rings. The van der Waals surface area contributed by atoms with Gasteiger partial charge in [0.25, 0.3) is 5.91 Å². The summed E-state index contributed by atoms with van der Waals surface area (Å²) in [7, 11) is 1.59. The van der Waals surface area contributed by atoms with E-state index < -0.39 is 0 Å². The molecule has 1 saturated heterocycles. The third kappa shape index (κ3) is 4.20. The molecule has 0 unspecified atom stereocenters. The molecule has 0 bridgehead atoms. The van der Waals surface area contributed by atoms with Gasteiger partial charge < -0.3 is 9.47 Å². The number of hydrogen-bond acceptors (Lipinski definition) is 5. The quantitative estimate of drug-likeness (QED) is 0.427. The van der Waals surface area contributed by atoms with Crippen molar-refractivity contribution in [2.75, 3.05) is 18.6 Å². The van der Waals surface area contributed by atoms with E-state index in [1.165, 1.54) is 11.8 Å². The Morgan fingerprint density at radius 1 is 1.30 bits per heavy atom. The number of amides is 1. The number of carbonyl (C=O) groups excluding carboxylic acids is 1. The Morgan fingerprint density at radius 3 is 2.74 bits per heavy atom. The summed E-state index contributed by atoms with van der Waals surface area (Å²) in [5.74, 6) is 1.12. The number of carbonyl (C=O) groups is 1. The number of aryl methyl sites for hydroxylation is 1. The molecule has 2 aromatic carbocycles. The molecule has 0 radical (unpaired) electrons. The SMILES string of the molecule is CCOc1c(Br)cc(/C=C2\SC(=S)N(c3cccc(C)c3)C2=O)cc1OC. The van der Waals surface area contributed by atoms with Crippen LogP contribution < -0.4 is 14.4 Å². The first-order chi connectivity index (χ1) is 12.9. The van der Waals surface area contributed by atoms with Crippen molar-refractivity contribution in [3.63, 3.8) is 0 Å². The highest BCUT2D eigenvalue weighted by Gasteiger charge is 2.33. The third-order valence-electron chi connectivity index (χ3n) is 3.89. The summed E-state index contributed by atoms with van der Waals surface area (Å²) in [4.78, 5) is 15.1. The fourth-order valence-corrected chi connectivity index (χ4v) is 4.59. The number of ether oxygens (including phenoxy) is 2. The fourth-order valence-electron chi connectivity index (χ4n) is 2.72. The van der Waals surface area contributed by atoms with Crippen LogP contribution in [0.3, 0.4) is 0 Å². The van der Waals surface area contributed by atoms with Gasteiger partial charge in [-0.05, 0) is 71.2 Å².